The summed E-state index contributed by atoms with van der Waals surface area (Å²) < 4.78 is 5.65. The highest BCUT2D eigenvalue weighted by Gasteiger charge is 2.03. The summed E-state index contributed by atoms with van der Waals surface area (Å²) in [6.45, 7) is 0.383. The van der Waals surface area contributed by atoms with Crippen LogP contribution in [0.1, 0.15) is 11.1 Å². The lowest BCUT2D eigenvalue weighted by Crippen LogP contribution is -1.97. The normalized spacial score (nSPS) is 9.74. The summed E-state index contributed by atoms with van der Waals surface area (Å²) in [6.07, 6.45) is 0. The molecule has 4 heteroatoms. The first-order chi connectivity index (χ1) is 9.22. The van der Waals surface area contributed by atoms with Crippen LogP contribution in [0.25, 0.3) is 0 Å². The zero-order valence-electron chi connectivity index (χ0n) is 10.5. The maximum absolute atomic E-state index is 8.83. The Bertz CT molecular complexity index is 620. The third-order valence-corrected chi connectivity index (χ3v) is 2.97. The van der Waals surface area contributed by atoms with Crippen LogP contribution in [-0.2, 0) is 6.61 Å². The van der Waals surface area contributed by atoms with Gasteiger partial charge >= 0.3 is 0 Å². The number of halogens is 1. The number of nitrogens with zero attached hydrogens (tertiary/aromatic N) is 1. The molecule has 1 N–H and O–H groups in total. The molecule has 3 nitrogen and oxygen atoms in total. The monoisotopic (exact) mass is 272 g/mol. The predicted molar refractivity (Wildman–Crippen MR) is 76.5 cm³/mol. The first kappa shape index (κ1) is 13.3. The molecule has 2 rings (SSSR count). The van der Waals surface area contributed by atoms with Crippen LogP contribution in [-0.4, -0.2) is 7.05 Å². The summed E-state index contributed by atoms with van der Waals surface area (Å²) >= 11 is 6.12. The van der Waals surface area contributed by atoms with Gasteiger partial charge in [-0.05, 0) is 35.9 Å². The zero-order chi connectivity index (χ0) is 13.7. The number of nitriles is 1. The number of hydrogen-bond acceptors (Lipinski definition) is 3. The highest BCUT2D eigenvalue weighted by Crippen LogP contribution is 2.28. The number of ether oxygens (including phenoxy) is 1. The molecule has 2 aromatic rings. The fourth-order valence-electron chi connectivity index (χ4n) is 1.67. The molecule has 0 aliphatic carbocycles. The Kier molecular flexibility index (Phi) is 4.27. The lowest BCUT2D eigenvalue weighted by molar-refractivity contribution is 0.306. The van der Waals surface area contributed by atoms with E-state index in [4.69, 9.17) is 21.6 Å². The van der Waals surface area contributed by atoms with Crippen molar-refractivity contribution < 1.29 is 4.74 Å². The van der Waals surface area contributed by atoms with Gasteiger partial charge < -0.3 is 10.1 Å². The fraction of sp³-hybridized carbons (Fsp3) is 0.133. The van der Waals surface area contributed by atoms with Gasteiger partial charge in [0, 0.05) is 12.7 Å². The first-order valence-electron chi connectivity index (χ1n) is 5.82. The average Bonchev–Trinajstić information content (AvgIpc) is 2.46. The van der Waals surface area contributed by atoms with Crippen LogP contribution >= 0.6 is 11.6 Å². The minimum atomic E-state index is 0.383. The summed E-state index contributed by atoms with van der Waals surface area (Å²) in [7, 11) is 1.83. The summed E-state index contributed by atoms with van der Waals surface area (Å²) in [5.74, 6) is 0.628. The standard InChI is InChI=1S/C15H13ClN2O/c1-18-13-5-6-15(14(16)8-13)19-10-12-4-2-3-11(7-12)9-17/h2-8,18H,10H2,1H3. The second kappa shape index (κ2) is 6.12. The molecule has 0 unspecified atom stereocenters. The Hall–Kier alpha value is -2.18. The second-order valence-electron chi connectivity index (χ2n) is 4.00. The molecule has 19 heavy (non-hydrogen) atoms. The SMILES string of the molecule is CNc1ccc(OCc2cccc(C#N)c2)c(Cl)c1. The number of anilines is 1. The van der Waals surface area contributed by atoms with Gasteiger partial charge in [0.2, 0.25) is 0 Å². The third-order valence-electron chi connectivity index (χ3n) is 2.67. The highest BCUT2D eigenvalue weighted by atomic mass is 35.5. The Morgan fingerprint density at radius 3 is 2.79 bits per heavy atom. The third kappa shape index (κ3) is 3.40. The van der Waals surface area contributed by atoms with E-state index in [1.807, 2.05) is 37.4 Å². The van der Waals surface area contributed by atoms with Crippen LogP contribution in [0.5, 0.6) is 5.75 Å². The van der Waals surface area contributed by atoms with E-state index in [0.717, 1.165) is 11.3 Å². The van der Waals surface area contributed by atoms with Gasteiger partial charge in [-0.2, -0.15) is 5.26 Å². The zero-order valence-corrected chi connectivity index (χ0v) is 11.2. The van der Waals surface area contributed by atoms with E-state index in [2.05, 4.69) is 11.4 Å². The van der Waals surface area contributed by atoms with Crippen molar-refractivity contribution in [3.8, 4) is 11.8 Å². The molecule has 0 radical (unpaired) electrons. The van der Waals surface area contributed by atoms with Crippen LogP contribution in [0.15, 0.2) is 42.5 Å². The molecule has 0 aliphatic rings. The maximum atomic E-state index is 8.83. The van der Waals surface area contributed by atoms with Gasteiger partial charge in [-0.15, -0.1) is 0 Å². The predicted octanol–water partition coefficient (Wildman–Crippen LogP) is 3.83. The van der Waals surface area contributed by atoms with Crippen LogP contribution in [0.2, 0.25) is 5.02 Å². The van der Waals surface area contributed by atoms with Crippen LogP contribution in [0.4, 0.5) is 5.69 Å². The number of benzene rings is 2. The van der Waals surface area contributed by atoms with E-state index in [0.29, 0.717) is 22.9 Å². The summed E-state index contributed by atoms with van der Waals surface area (Å²) in [4.78, 5) is 0. The van der Waals surface area contributed by atoms with Crippen molar-refractivity contribution in [2.75, 3.05) is 12.4 Å². The van der Waals surface area contributed by atoms with Crippen molar-refractivity contribution in [3.63, 3.8) is 0 Å². The van der Waals surface area contributed by atoms with Crippen molar-refractivity contribution in [2.45, 2.75) is 6.61 Å². The summed E-state index contributed by atoms with van der Waals surface area (Å²) in [6, 6.07) is 14.9. The van der Waals surface area contributed by atoms with Crippen molar-refractivity contribution >= 4 is 17.3 Å². The van der Waals surface area contributed by atoms with Crippen LogP contribution in [0, 0.1) is 11.3 Å². The molecule has 0 heterocycles. The smallest absolute Gasteiger partial charge is 0.138 e. The molecule has 0 atom stereocenters. The molecule has 0 saturated carbocycles. The highest BCUT2D eigenvalue weighted by molar-refractivity contribution is 6.32. The minimum absolute atomic E-state index is 0.383. The molecule has 0 spiro atoms. The molecule has 0 saturated heterocycles. The van der Waals surface area contributed by atoms with Gasteiger partial charge in [-0.25, -0.2) is 0 Å². The molecule has 0 aliphatic heterocycles. The number of rotatable bonds is 4. The van der Waals surface area contributed by atoms with Gasteiger partial charge in [0.15, 0.2) is 0 Å². The molecule has 0 bridgehead atoms. The summed E-state index contributed by atoms with van der Waals surface area (Å²) in [5, 5.41) is 12.4. The van der Waals surface area contributed by atoms with Gasteiger partial charge in [0.05, 0.1) is 16.7 Å². The largest absolute Gasteiger partial charge is 0.487 e. The maximum Gasteiger partial charge on any atom is 0.138 e. The summed E-state index contributed by atoms with van der Waals surface area (Å²) in [5.41, 5.74) is 2.49. The average molecular weight is 273 g/mol. The molecular weight excluding hydrogens is 260 g/mol. The number of hydrogen-bond donors (Lipinski definition) is 1. The van der Waals surface area contributed by atoms with Gasteiger partial charge in [0.1, 0.15) is 12.4 Å². The topological polar surface area (TPSA) is 45.0 Å². The van der Waals surface area contributed by atoms with E-state index in [9.17, 15) is 0 Å². The van der Waals surface area contributed by atoms with Crippen molar-refractivity contribution in [1.82, 2.24) is 0 Å². The van der Waals surface area contributed by atoms with Crippen molar-refractivity contribution in [3.05, 3.63) is 58.6 Å². The van der Waals surface area contributed by atoms with E-state index < -0.39 is 0 Å². The molecule has 96 valence electrons. The van der Waals surface area contributed by atoms with Crippen molar-refractivity contribution in [1.29, 1.82) is 5.26 Å². The van der Waals surface area contributed by atoms with E-state index >= 15 is 0 Å². The van der Waals surface area contributed by atoms with E-state index in [-0.39, 0.29) is 0 Å². The molecular formula is C15H13ClN2O. The first-order valence-corrected chi connectivity index (χ1v) is 6.20. The van der Waals surface area contributed by atoms with Gasteiger partial charge in [0.25, 0.3) is 0 Å². The van der Waals surface area contributed by atoms with E-state index in [1.54, 1.807) is 12.1 Å². The molecule has 0 fully saturated rings. The van der Waals surface area contributed by atoms with Crippen molar-refractivity contribution in [2.24, 2.45) is 0 Å². The molecule has 2 aromatic carbocycles. The fourth-order valence-corrected chi connectivity index (χ4v) is 1.90. The second-order valence-corrected chi connectivity index (χ2v) is 4.40. The quantitative estimate of drug-likeness (QED) is 0.920. The lowest BCUT2D eigenvalue weighted by atomic mass is 10.1. The lowest BCUT2D eigenvalue weighted by Gasteiger charge is -2.09. The Balaban J connectivity index is 2.08. The minimum Gasteiger partial charge on any atom is -0.487 e. The van der Waals surface area contributed by atoms with E-state index in [1.165, 1.54) is 0 Å². The van der Waals surface area contributed by atoms with Crippen LogP contribution < -0.4 is 10.1 Å². The Morgan fingerprint density at radius 2 is 2.11 bits per heavy atom. The Labute approximate surface area is 117 Å². The number of nitrogens with one attached hydrogen (secondary N) is 1. The van der Waals surface area contributed by atoms with Crippen LogP contribution in [0.3, 0.4) is 0 Å². The molecule has 0 amide bonds. The Morgan fingerprint density at radius 1 is 1.26 bits per heavy atom. The molecule has 0 aromatic heterocycles. The van der Waals surface area contributed by atoms with Gasteiger partial charge in [-0.3, -0.25) is 0 Å². The van der Waals surface area contributed by atoms with Gasteiger partial charge in [-0.1, -0.05) is 23.7 Å².